The Labute approximate surface area is 417 Å². The van der Waals surface area contributed by atoms with Crippen LogP contribution < -0.4 is 36.0 Å². The van der Waals surface area contributed by atoms with Crippen LogP contribution in [0, 0.1) is 11.7 Å². The number of aromatic nitrogens is 3. The SMILES string of the molecule is CNC(=O)COc1cc2cc(Nc3nc(N4CCC(O[C@H]5C[C@H](N6CCN(CC7CCN(c8ccc9c(c8F)CN(C8CCC(=O)NC8=O)C9=O)CC7)CC6)C5)CC4)ncc3Cl)ccc2n(C(C)C)c1=O. The Morgan fingerprint density at radius 1 is 0.915 bits per heavy atom. The monoisotopic (exact) mass is 995 g/mol. The second kappa shape index (κ2) is 20.7. The molecule has 1 atom stereocenters. The van der Waals surface area contributed by atoms with E-state index in [-0.39, 0.29) is 79.1 Å². The zero-order valence-electron chi connectivity index (χ0n) is 40.6. The third kappa shape index (κ3) is 10.3. The number of rotatable bonds is 14. The third-order valence-electron chi connectivity index (χ3n) is 15.4. The first-order valence-electron chi connectivity index (χ1n) is 25.2. The molecule has 4 saturated heterocycles. The van der Waals surface area contributed by atoms with Crippen LogP contribution in [0.3, 0.4) is 0 Å². The Hall–Kier alpha value is -5.89. The number of halogens is 2. The number of piperidine rings is 3. The minimum absolute atomic E-state index is 0.0344. The number of carbonyl (C=O) groups is 4. The van der Waals surface area contributed by atoms with Crippen LogP contribution in [-0.4, -0.2) is 150 Å². The summed E-state index contributed by atoms with van der Waals surface area (Å²) < 4.78 is 29.9. The molecule has 18 nitrogen and oxygen atoms in total. The first-order chi connectivity index (χ1) is 34.3. The maximum atomic E-state index is 16.0. The van der Waals surface area contributed by atoms with Crippen LogP contribution in [0.4, 0.5) is 27.5 Å². The molecule has 2 aromatic carbocycles. The highest BCUT2D eigenvalue weighted by Gasteiger charge is 2.42. The lowest BCUT2D eigenvalue weighted by Crippen LogP contribution is -2.56. The van der Waals surface area contributed by atoms with Gasteiger partial charge in [-0.15, -0.1) is 0 Å². The average molecular weight is 997 g/mol. The van der Waals surface area contributed by atoms with Crippen LogP contribution >= 0.6 is 11.6 Å². The number of hydrogen-bond acceptors (Lipinski definition) is 14. The number of pyridine rings is 1. The number of piperazine rings is 1. The van der Waals surface area contributed by atoms with Gasteiger partial charge in [0, 0.05) is 107 Å². The summed E-state index contributed by atoms with van der Waals surface area (Å²) in [6, 6.07) is 10.4. The van der Waals surface area contributed by atoms with Crippen molar-refractivity contribution in [2.75, 3.05) is 87.7 Å². The summed E-state index contributed by atoms with van der Waals surface area (Å²) >= 11 is 6.62. The zero-order chi connectivity index (χ0) is 49.5. The fourth-order valence-corrected chi connectivity index (χ4v) is 11.4. The van der Waals surface area contributed by atoms with Crippen LogP contribution in [-0.2, 0) is 25.7 Å². The molecule has 0 spiro atoms. The molecule has 5 aliphatic heterocycles. The Balaban J connectivity index is 0.644. The molecular weight excluding hydrogens is 933 g/mol. The van der Waals surface area contributed by atoms with Crippen molar-refractivity contribution >= 4 is 69.3 Å². The van der Waals surface area contributed by atoms with Crippen molar-refractivity contribution in [2.45, 2.75) is 102 Å². The van der Waals surface area contributed by atoms with E-state index in [0.717, 1.165) is 114 Å². The molecule has 4 aromatic rings. The number of ether oxygens (including phenoxy) is 2. The highest BCUT2D eigenvalue weighted by molar-refractivity contribution is 6.33. The molecule has 10 rings (SSSR count). The first kappa shape index (κ1) is 48.7. The fraction of sp³-hybridized carbons (Fsp3) is 0.549. The van der Waals surface area contributed by atoms with Gasteiger partial charge >= 0.3 is 0 Å². The van der Waals surface area contributed by atoms with Crippen molar-refractivity contribution in [1.82, 2.24) is 39.9 Å². The van der Waals surface area contributed by atoms with Gasteiger partial charge in [0.05, 0.1) is 36.2 Å². The van der Waals surface area contributed by atoms with E-state index in [4.69, 9.17) is 26.1 Å². The molecule has 0 bridgehead atoms. The number of benzene rings is 2. The van der Waals surface area contributed by atoms with E-state index in [2.05, 4.69) is 40.5 Å². The van der Waals surface area contributed by atoms with Gasteiger partial charge in [0.15, 0.2) is 24.0 Å². The molecule has 1 saturated carbocycles. The van der Waals surface area contributed by atoms with Gasteiger partial charge in [-0.2, -0.15) is 4.98 Å². The molecule has 20 heteroatoms. The van der Waals surface area contributed by atoms with Crippen LogP contribution in [0.25, 0.3) is 10.9 Å². The van der Waals surface area contributed by atoms with Gasteiger partial charge in [0.25, 0.3) is 17.4 Å². The number of imide groups is 1. The fourth-order valence-electron chi connectivity index (χ4n) is 11.2. The lowest BCUT2D eigenvalue weighted by Gasteiger charge is -2.48. The zero-order valence-corrected chi connectivity index (χ0v) is 41.4. The standard InChI is InChI=1S/C51H63ClFN11O7/c1-30(2)64-40-6-4-33(22-32(40)23-43(50(64)69)70-29-45(66)54-3)56-47-39(52)26-55-51(58-47)62-16-12-35(13-17-62)71-36-24-34(25-36)60-20-18-59(19-21-60)27-31-10-14-61(15-11-31)41-7-5-37-38(46(41)53)28-63(49(37)68)42-8-9-44(65)57-48(42)67/h4-7,22-23,26,30-31,34-36,42H,8-21,24-25,27-29H2,1-3H3,(H,54,66)(H,55,56,58)(H,57,65,67)/t34-,36-,42?. The summed E-state index contributed by atoms with van der Waals surface area (Å²) in [6.07, 6.45) is 8.33. The molecule has 7 heterocycles. The summed E-state index contributed by atoms with van der Waals surface area (Å²) in [5.41, 5.74) is 2.31. The Bertz CT molecular complexity index is 2750. The third-order valence-corrected chi connectivity index (χ3v) is 15.6. The lowest BCUT2D eigenvalue weighted by molar-refractivity contribution is -0.137. The van der Waals surface area contributed by atoms with Crippen molar-refractivity contribution in [3.8, 4) is 5.75 Å². The first-order valence-corrected chi connectivity index (χ1v) is 25.6. The van der Waals surface area contributed by atoms with Crippen LogP contribution in [0.15, 0.2) is 47.4 Å². The Morgan fingerprint density at radius 3 is 2.38 bits per heavy atom. The number of nitrogens with one attached hydrogen (secondary N) is 3. The van der Waals surface area contributed by atoms with Gasteiger partial charge in [0.2, 0.25) is 17.8 Å². The topological polar surface area (TPSA) is 187 Å². The molecule has 1 aliphatic carbocycles. The van der Waals surface area contributed by atoms with Crippen molar-refractivity contribution in [3.63, 3.8) is 0 Å². The summed E-state index contributed by atoms with van der Waals surface area (Å²) in [7, 11) is 1.52. The predicted octanol–water partition coefficient (Wildman–Crippen LogP) is 4.84. The van der Waals surface area contributed by atoms with Gasteiger partial charge in [0.1, 0.15) is 11.1 Å². The van der Waals surface area contributed by atoms with E-state index in [1.165, 1.54) is 11.9 Å². The smallest absolute Gasteiger partial charge is 0.293 e. The van der Waals surface area contributed by atoms with E-state index < -0.39 is 11.9 Å². The maximum absolute atomic E-state index is 16.0. The number of anilines is 4. The molecule has 378 valence electrons. The van der Waals surface area contributed by atoms with Crippen LogP contribution in [0.2, 0.25) is 5.02 Å². The largest absolute Gasteiger partial charge is 0.478 e. The molecule has 6 aliphatic rings. The summed E-state index contributed by atoms with van der Waals surface area (Å²) in [5, 5.41) is 9.30. The molecule has 4 amide bonds. The highest BCUT2D eigenvalue weighted by Crippen LogP contribution is 2.37. The van der Waals surface area contributed by atoms with Crippen molar-refractivity contribution in [2.24, 2.45) is 5.92 Å². The lowest BCUT2D eigenvalue weighted by atomic mass is 9.87. The van der Waals surface area contributed by atoms with Gasteiger partial charge in [-0.3, -0.25) is 34.2 Å². The molecular formula is C51H63ClFN11O7. The van der Waals surface area contributed by atoms with E-state index in [1.54, 1.807) is 29.0 Å². The summed E-state index contributed by atoms with van der Waals surface area (Å²) in [4.78, 5) is 82.7. The number of fused-ring (bicyclic) bond motifs is 2. The molecule has 71 heavy (non-hydrogen) atoms. The minimum atomic E-state index is -0.766. The van der Waals surface area contributed by atoms with Crippen molar-refractivity contribution in [1.29, 1.82) is 0 Å². The van der Waals surface area contributed by atoms with Gasteiger partial charge in [-0.1, -0.05) is 11.6 Å². The highest BCUT2D eigenvalue weighted by atomic mass is 35.5. The second-order valence-electron chi connectivity index (χ2n) is 20.2. The van der Waals surface area contributed by atoms with Crippen molar-refractivity contribution < 1.29 is 33.0 Å². The number of likely N-dealkylation sites (N-methyl/N-ethyl adjacent to an activating group) is 1. The van der Waals surface area contributed by atoms with Gasteiger partial charge in [-0.25, -0.2) is 9.37 Å². The summed E-state index contributed by atoms with van der Waals surface area (Å²) in [5.74, 6) is -0.211. The Morgan fingerprint density at radius 2 is 1.66 bits per heavy atom. The van der Waals surface area contributed by atoms with Crippen LogP contribution in [0.5, 0.6) is 5.75 Å². The van der Waals surface area contributed by atoms with Crippen molar-refractivity contribution in [3.05, 3.63) is 74.9 Å². The van der Waals surface area contributed by atoms with E-state index in [1.807, 2.05) is 32.0 Å². The van der Waals surface area contributed by atoms with Gasteiger partial charge in [-0.05, 0) is 101 Å². The number of carbonyl (C=O) groups excluding carboxylic acids is 4. The molecule has 0 radical (unpaired) electrons. The normalized spacial score (nSPS) is 22.8. The second-order valence-corrected chi connectivity index (χ2v) is 20.6. The number of hydrogen-bond donors (Lipinski definition) is 3. The van der Waals surface area contributed by atoms with E-state index >= 15 is 4.39 Å². The molecule has 5 fully saturated rings. The average Bonchev–Trinajstić information content (AvgIpc) is 3.69. The predicted molar refractivity (Wildman–Crippen MR) is 267 cm³/mol. The van der Waals surface area contributed by atoms with Gasteiger partial charge < -0.3 is 44.3 Å². The summed E-state index contributed by atoms with van der Waals surface area (Å²) in [6.45, 7) is 11.9. The van der Waals surface area contributed by atoms with E-state index in [0.29, 0.717) is 45.6 Å². The minimum Gasteiger partial charge on any atom is -0.478 e. The maximum Gasteiger partial charge on any atom is 0.293 e. The Kier molecular flexibility index (Phi) is 14.2. The molecule has 3 N–H and O–H groups in total. The molecule has 1 unspecified atom stereocenters. The number of nitrogens with zero attached hydrogens (tertiary/aromatic N) is 8. The quantitative estimate of drug-likeness (QED) is 0.146. The van der Waals surface area contributed by atoms with Crippen LogP contribution in [0.1, 0.15) is 87.2 Å². The van der Waals surface area contributed by atoms with E-state index in [9.17, 15) is 24.0 Å². The molecule has 2 aromatic heterocycles. The number of amides is 4.